The molecule has 1 saturated heterocycles. The molecule has 2 atom stereocenters. The van der Waals surface area contributed by atoms with Gasteiger partial charge in [-0.25, -0.2) is 0 Å². The quantitative estimate of drug-likeness (QED) is 0.788. The van der Waals surface area contributed by atoms with Crippen LogP contribution >= 0.6 is 23.1 Å². The zero-order chi connectivity index (χ0) is 16.6. The van der Waals surface area contributed by atoms with E-state index in [0.29, 0.717) is 13.1 Å². The van der Waals surface area contributed by atoms with E-state index in [0.717, 1.165) is 12.8 Å². The Morgan fingerprint density at radius 3 is 2.74 bits per heavy atom. The first kappa shape index (κ1) is 16.8. The standard InChI is InChI=1S/C17H24N2O2S2/c1-11(2)18(16(21)13-4-5-13)7-8-19-15(20)12(3)23-17(19)14-6-9-22-10-14/h6,9-13,17H,4-5,7-8H2,1-3H3. The van der Waals surface area contributed by atoms with E-state index in [1.807, 2.05) is 16.7 Å². The molecule has 2 unspecified atom stereocenters. The van der Waals surface area contributed by atoms with Crippen molar-refractivity contribution in [3.05, 3.63) is 22.4 Å². The highest BCUT2D eigenvalue weighted by Crippen LogP contribution is 2.43. The fourth-order valence-corrected chi connectivity index (χ4v) is 5.04. The van der Waals surface area contributed by atoms with Crippen LogP contribution in [0.25, 0.3) is 0 Å². The molecule has 1 saturated carbocycles. The minimum absolute atomic E-state index is 0.00784. The van der Waals surface area contributed by atoms with Crippen LogP contribution in [0.4, 0.5) is 0 Å². The molecule has 4 nitrogen and oxygen atoms in total. The molecule has 1 aliphatic carbocycles. The summed E-state index contributed by atoms with van der Waals surface area (Å²) in [5.74, 6) is 0.681. The first-order valence-electron chi connectivity index (χ1n) is 8.27. The van der Waals surface area contributed by atoms with Crippen molar-refractivity contribution in [1.82, 2.24) is 9.80 Å². The van der Waals surface area contributed by atoms with Crippen LogP contribution in [0.3, 0.4) is 0 Å². The molecule has 1 aromatic rings. The van der Waals surface area contributed by atoms with Gasteiger partial charge < -0.3 is 9.80 Å². The van der Waals surface area contributed by atoms with E-state index in [4.69, 9.17) is 0 Å². The van der Waals surface area contributed by atoms with Crippen LogP contribution in [-0.4, -0.2) is 46.0 Å². The van der Waals surface area contributed by atoms with Gasteiger partial charge in [0.1, 0.15) is 5.37 Å². The summed E-state index contributed by atoms with van der Waals surface area (Å²) in [6.45, 7) is 7.33. The molecule has 2 fully saturated rings. The molecular formula is C17H24N2O2S2. The Bertz CT molecular complexity index is 569. The molecule has 3 rings (SSSR count). The van der Waals surface area contributed by atoms with Crippen LogP contribution < -0.4 is 0 Å². The minimum atomic E-state index is -0.00784. The van der Waals surface area contributed by atoms with Gasteiger partial charge in [0.15, 0.2) is 0 Å². The number of hydrogen-bond donors (Lipinski definition) is 0. The number of carbonyl (C=O) groups is 2. The topological polar surface area (TPSA) is 40.6 Å². The number of hydrogen-bond acceptors (Lipinski definition) is 4. The summed E-state index contributed by atoms with van der Waals surface area (Å²) in [5, 5.41) is 4.25. The number of thioether (sulfide) groups is 1. The fraction of sp³-hybridized carbons (Fsp3) is 0.647. The zero-order valence-corrected chi connectivity index (χ0v) is 15.5. The van der Waals surface area contributed by atoms with E-state index >= 15 is 0 Å². The molecular weight excluding hydrogens is 328 g/mol. The van der Waals surface area contributed by atoms with E-state index < -0.39 is 0 Å². The predicted molar refractivity (Wildman–Crippen MR) is 95.4 cm³/mol. The highest BCUT2D eigenvalue weighted by atomic mass is 32.2. The predicted octanol–water partition coefficient (Wildman–Crippen LogP) is 3.36. The first-order chi connectivity index (χ1) is 11.0. The number of amides is 2. The monoisotopic (exact) mass is 352 g/mol. The lowest BCUT2D eigenvalue weighted by molar-refractivity contribution is -0.136. The summed E-state index contributed by atoms with van der Waals surface area (Å²) >= 11 is 3.37. The smallest absolute Gasteiger partial charge is 0.236 e. The molecule has 2 heterocycles. The third kappa shape index (κ3) is 3.58. The van der Waals surface area contributed by atoms with Gasteiger partial charge in [0.05, 0.1) is 5.25 Å². The summed E-state index contributed by atoms with van der Waals surface area (Å²) < 4.78 is 0. The largest absolute Gasteiger partial charge is 0.338 e. The maximum atomic E-state index is 12.5. The lowest BCUT2D eigenvalue weighted by Gasteiger charge is -2.31. The maximum absolute atomic E-state index is 12.5. The molecule has 2 aliphatic rings. The maximum Gasteiger partial charge on any atom is 0.236 e. The van der Waals surface area contributed by atoms with Gasteiger partial charge in [0, 0.05) is 25.0 Å². The average molecular weight is 353 g/mol. The summed E-state index contributed by atoms with van der Waals surface area (Å²) in [6, 6.07) is 2.28. The Morgan fingerprint density at radius 1 is 1.43 bits per heavy atom. The lowest BCUT2D eigenvalue weighted by Crippen LogP contribution is -2.44. The summed E-state index contributed by atoms with van der Waals surface area (Å²) in [4.78, 5) is 28.8. The molecule has 23 heavy (non-hydrogen) atoms. The molecule has 0 N–H and O–H groups in total. The molecule has 1 aliphatic heterocycles. The van der Waals surface area contributed by atoms with E-state index in [9.17, 15) is 9.59 Å². The second kappa shape index (κ2) is 6.85. The van der Waals surface area contributed by atoms with Gasteiger partial charge in [0.2, 0.25) is 11.8 Å². The van der Waals surface area contributed by atoms with Crippen molar-refractivity contribution in [3.8, 4) is 0 Å². The molecule has 0 bridgehead atoms. The van der Waals surface area contributed by atoms with Gasteiger partial charge in [-0.2, -0.15) is 11.3 Å². The minimum Gasteiger partial charge on any atom is -0.338 e. The van der Waals surface area contributed by atoms with E-state index in [1.54, 1.807) is 23.1 Å². The molecule has 126 valence electrons. The van der Waals surface area contributed by atoms with Crippen LogP contribution in [0.2, 0.25) is 0 Å². The van der Waals surface area contributed by atoms with E-state index in [-0.39, 0.29) is 34.4 Å². The van der Waals surface area contributed by atoms with Gasteiger partial charge in [-0.1, -0.05) is 0 Å². The van der Waals surface area contributed by atoms with Crippen molar-refractivity contribution < 1.29 is 9.59 Å². The first-order valence-corrected chi connectivity index (χ1v) is 10.2. The third-order valence-electron chi connectivity index (χ3n) is 4.49. The van der Waals surface area contributed by atoms with Crippen molar-refractivity contribution in [2.45, 2.75) is 50.3 Å². The molecule has 0 radical (unpaired) electrons. The van der Waals surface area contributed by atoms with Gasteiger partial charge >= 0.3 is 0 Å². The van der Waals surface area contributed by atoms with Crippen LogP contribution in [0.5, 0.6) is 0 Å². The number of thiophene rings is 1. The summed E-state index contributed by atoms with van der Waals surface area (Å²) in [6.07, 6.45) is 2.05. The van der Waals surface area contributed by atoms with Crippen molar-refractivity contribution in [3.63, 3.8) is 0 Å². The second-order valence-corrected chi connectivity index (χ2v) is 8.82. The summed E-state index contributed by atoms with van der Waals surface area (Å²) in [7, 11) is 0. The number of nitrogens with zero attached hydrogens (tertiary/aromatic N) is 2. The van der Waals surface area contributed by atoms with Crippen molar-refractivity contribution in [1.29, 1.82) is 0 Å². The second-order valence-electron chi connectivity index (χ2n) is 6.62. The molecule has 2 amide bonds. The molecule has 0 spiro atoms. The third-order valence-corrected chi connectivity index (χ3v) is 6.59. The lowest BCUT2D eigenvalue weighted by atomic mass is 10.2. The van der Waals surface area contributed by atoms with Crippen molar-refractivity contribution in [2.24, 2.45) is 5.92 Å². The normalized spacial score (nSPS) is 24.5. The Balaban J connectivity index is 1.68. The van der Waals surface area contributed by atoms with Gasteiger partial charge in [-0.05, 0) is 56.0 Å². The average Bonchev–Trinajstić information content (AvgIpc) is 3.15. The SMILES string of the molecule is CC1SC(c2ccsc2)N(CCN(C(=O)C2CC2)C(C)C)C1=O. The molecule has 6 heteroatoms. The van der Waals surface area contributed by atoms with E-state index in [2.05, 4.69) is 30.7 Å². The van der Waals surface area contributed by atoms with Crippen LogP contribution in [-0.2, 0) is 9.59 Å². The highest BCUT2D eigenvalue weighted by molar-refractivity contribution is 8.01. The number of rotatable bonds is 6. The van der Waals surface area contributed by atoms with Gasteiger partial charge in [-0.3, -0.25) is 9.59 Å². The Labute approximate surface area is 146 Å². The Morgan fingerprint density at radius 2 is 2.17 bits per heavy atom. The van der Waals surface area contributed by atoms with E-state index in [1.165, 1.54) is 5.56 Å². The van der Waals surface area contributed by atoms with Gasteiger partial charge in [0.25, 0.3) is 0 Å². The van der Waals surface area contributed by atoms with Gasteiger partial charge in [-0.15, -0.1) is 11.8 Å². The number of carbonyl (C=O) groups excluding carboxylic acids is 2. The van der Waals surface area contributed by atoms with Crippen LogP contribution in [0, 0.1) is 5.92 Å². The molecule has 0 aromatic carbocycles. The van der Waals surface area contributed by atoms with Crippen molar-refractivity contribution >= 4 is 34.9 Å². The fourth-order valence-electron chi connectivity index (χ4n) is 2.98. The summed E-state index contributed by atoms with van der Waals surface area (Å²) in [5.41, 5.74) is 1.20. The van der Waals surface area contributed by atoms with Crippen LogP contribution in [0.15, 0.2) is 16.8 Å². The molecule has 1 aromatic heterocycles. The Kier molecular flexibility index (Phi) is 5.01. The Hall–Kier alpha value is -1.01. The van der Waals surface area contributed by atoms with Crippen molar-refractivity contribution in [2.75, 3.05) is 13.1 Å². The van der Waals surface area contributed by atoms with Crippen LogP contribution in [0.1, 0.15) is 44.6 Å². The zero-order valence-electron chi connectivity index (χ0n) is 13.9. The highest BCUT2D eigenvalue weighted by Gasteiger charge is 2.40.